The molecule has 1 aliphatic rings. The lowest BCUT2D eigenvalue weighted by atomic mass is 9.80. The van der Waals surface area contributed by atoms with Crippen molar-refractivity contribution >= 4 is 40.8 Å². The first-order valence-corrected chi connectivity index (χ1v) is 10.6. The van der Waals surface area contributed by atoms with Gasteiger partial charge in [-0.2, -0.15) is 15.0 Å². The van der Waals surface area contributed by atoms with E-state index >= 15 is 0 Å². The number of ether oxygens (including phenoxy) is 1. The number of carboxylic acids is 1. The van der Waals surface area contributed by atoms with E-state index < -0.39 is 11.9 Å². The fourth-order valence-corrected chi connectivity index (χ4v) is 4.27. The van der Waals surface area contributed by atoms with Crippen molar-refractivity contribution < 1.29 is 24.9 Å². The van der Waals surface area contributed by atoms with Gasteiger partial charge in [0.05, 0.1) is 5.56 Å². The van der Waals surface area contributed by atoms with Gasteiger partial charge in [-0.05, 0) is 53.0 Å². The Morgan fingerprint density at radius 3 is 1.94 bits per heavy atom. The van der Waals surface area contributed by atoms with Crippen LogP contribution in [-0.4, -0.2) is 36.2 Å². The van der Waals surface area contributed by atoms with E-state index in [9.17, 15) is 20.1 Å². The zero-order valence-corrected chi connectivity index (χ0v) is 18.5. The summed E-state index contributed by atoms with van der Waals surface area (Å²) in [5, 5.41) is 32.6. The standard InChI is InChI=1S/C23H14Cl2N4O5/c24-21-27-22(25)29-23(28-21)26-10-1-4-13(16(7-10)20(32)33)19-14-5-2-11(30)8-17(14)34-18-9-12(31)3-6-15(18)19/h1-9,19,30-31H,(H,32,33)(H,26,27,28,29). The van der Waals surface area contributed by atoms with E-state index in [2.05, 4.69) is 20.3 Å². The minimum Gasteiger partial charge on any atom is -0.508 e. The molecule has 0 amide bonds. The Kier molecular flexibility index (Phi) is 5.35. The van der Waals surface area contributed by atoms with Crippen LogP contribution in [0.2, 0.25) is 10.6 Å². The van der Waals surface area contributed by atoms with Crippen LogP contribution in [0, 0.1) is 0 Å². The number of hydrogen-bond donors (Lipinski definition) is 4. The minimum atomic E-state index is -1.16. The van der Waals surface area contributed by atoms with Gasteiger partial charge in [-0.1, -0.05) is 18.2 Å². The van der Waals surface area contributed by atoms with Gasteiger partial charge in [0, 0.05) is 34.9 Å². The third-order valence-corrected chi connectivity index (χ3v) is 5.61. The first kappa shape index (κ1) is 21.7. The Bertz CT molecular complexity index is 1390. The first-order valence-electron chi connectivity index (χ1n) is 9.83. The third kappa shape index (κ3) is 4.02. The van der Waals surface area contributed by atoms with Gasteiger partial charge in [0.1, 0.15) is 23.0 Å². The summed E-state index contributed by atoms with van der Waals surface area (Å²) in [7, 11) is 0. The molecule has 11 heteroatoms. The van der Waals surface area contributed by atoms with Gasteiger partial charge in [-0.3, -0.25) is 0 Å². The van der Waals surface area contributed by atoms with Crippen molar-refractivity contribution in [1.82, 2.24) is 15.0 Å². The van der Waals surface area contributed by atoms with Gasteiger partial charge >= 0.3 is 5.97 Å². The Balaban J connectivity index is 1.64. The summed E-state index contributed by atoms with van der Waals surface area (Å²) >= 11 is 11.6. The number of phenolic OH excluding ortho intramolecular Hbond substituents is 2. The molecule has 170 valence electrons. The third-order valence-electron chi connectivity index (χ3n) is 5.27. The van der Waals surface area contributed by atoms with Crippen LogP contribution in [0.4, 0.5) is 11.6 Å². The molecule has 0 bridgehead atoms. The van der Waals surface area contributed by atoms with Crippen molar-refractivity contribution in [3.05, 3.63) is 87.4 Å². The lowest BCUT2D eigenvalue weighted by Gasteiger charge is -2.29. The van der Waals surface area contributed by atoms with E-state index in [0.717, 1.165) is 0 Å². The van der Waals surface area contributed by atoms with Crippen LogP contribution in [0.5, 0.6) is 23.0 Å². The molecule has 0 aliphatic carbocycles. The predicted molar refractivity (Wildman–Crippen MR) is 124 cm³/mol. The maximum absolute atomic E-state index is 12.3. The summed E-state index contributed by atoms with van der Waals surface area (Å²) < 4.78 is 5.89. The SMILES string of the molecule is O=C(O)c1cc(Nc2nc(Cl)nc(Cl)n2)ccc1C1c2ccc(O)cc2Oc2cc(O)ccc21. The van der Waals surface area contributed by atoms with E-state index in [1.807, 2.05) is 0 Å². The summed E-state index contributed by atoms with van der Waals surface area (Å²) in [6.45, 7) is 0. The lowest BCUT2D eigenvalue weighted by molar-refractivity contribution is 0.0695. The molecule has 34 heavy (non-hydrogen) atoms. The van der Waals surface area contributed by atoms with E-state index in [1.54, 1.807) is 24.3 Å². The minimum absolute atomic E-state index is 0.00576. The van der Waals surface area contributed by atoms with E-state index in [4.69, 9.17) is 27.9 Å². The van der Waals surface area contributed by atoms with Crippen molar-refractivity contribution in [3.63, 3.8) is 0 Å². The van der Waals surface area contributed by atoms with Crippen LogP contribution in [-0.2, 0) is 0 Å². The van der Waals surface area contributed by atoms with Crippen LogP contribution in [0.15, 0.2) is 54.6 Å². The number of anilines is 2. The van der Waals surface area contributed by atoms with Crippen molar-refractivity contribution in [3.8, 4) is 23.0 Å². The molecule has 0 radical (unpaired) electrons. The number of carboxylic acid groups (broad SMARTS) is 1. The molecule has 1 aliphatic heterocycles. The quantitative estimate of drug-likeness (QED) is 0.260. The number of rotatable bonds is 4. The summed E-state index contributed by atoms with van der Waals surface area (Å²) in [4.78, 5) is 23.8. The zero-order valence-electron chi connectivity index (χ0n) is 17.0. The second-order valence-corrected chi connectivity index (χ2v) is 8.08. The normalized spacial score (nSPS) is 12.4. The Morgan fingerprint density at radius 2 is 1.38 bits per heavy atom. The molecule has 5 rings (SSSR count). The summed E-state index contributed by atoms with van der Waals surface area (Å²) in [6.07, 6.45) is 0. The van der Waals surface area contributed by atoms with Gasteiger partial charge < -0.3 is 25.4 Å². The number of benzene rings is 3. The lowest BCUT2D eigenvalue weighted by Crippen LogP contribution is -2.15. The highest BCUT2D eigenvalue weighted by molar-refractivity contribution is 6.31. The number of nitrogens with zero attached hydrogens (tertiary/aromatic N) is 3. The second kappa shape index (κ2) is 8.36. The van der Waals surface area contributed by atoms with Gasteiger partial charge in [-0.15, -0.1) is 0 Å². The molecule has 1 aromatic heterocycles. The van der Waals surface area contributed by atoms with Gasteiger partial charge in [0.2, 0.25) is 16.5 Å². The molecule has 0 fully saturated rings. The van der Waals surface area contributed by atoms with Crippen LogP contribution in [0.25, 0.3) is 0 Å². The number of fused-ring (bicyclic) bond motifs is 2. The van der Waals surface area contributed by atoms with E-state index in [1.165, 1.54) is 30.3 Å². The van der Waals surface area contributed by atoms with Crippen LogP contribution < -0.4 is 10.1 Å². The summed E-state index contributed by atoms with van der Waals surface area (Å²) in [5.41, 5.74) is 2.21. The van der Waals surface area contributed by atoms with Crippen molar-refractivity contribution in [2.45, 2.75) is 5.92 Å². The molecule has 0 saturated heterocycles. The summed E-state index contributed by atoms with van der Waals surface area (Å²) in [6, 6.07) is 14.0. The molecule has 0 unspecified atom stereocenters. The molecule has 0 atom stereocenters. The topological polar surface area (TPSA) is 138 Å². The maximum atomic E-state index is 12.3. The van der Waals surface area contributed by atoms with Gasteiger partial charge in [-0.25, -0.2) is 4.79 Å². The van der Waals surface area contributed by atoms with E-state index in [0.29, 0.717) is 33.9 Å². The zero-order chi connectivity index (χ0) is 24.0. The number of aromatic carboxylic acids is 1. The molecule has 9 nitrogen and oxygen atoms in total. The van der Waals surface area contributed by atoms with Crippen molar-refractivity contribution in [2.75, 3.05) is 5.32 Å². The maximum Gasteiger partial charge on any atom is 0.336 e. The van der Waals surface area contributed by atoms with E-state index in [-0.39, 0.29) is 33.6 Å². The molecule has 4 aromatic rings. The number of halogens is 2. The predicted octanol–water partition coefficient (Wildman–Crippen LogP) is 5.32. The fraction of sp³-hybridized carbons (Fsp3) is 0.0435. The molecular formula is C23H14Cl2N4O5. The Hall–Kier alpha value is -4.08. The highest BCUT2D eigenvalue weighted by Gasteiger charge is 2.32. The van der Waals surface area contributed by atoms with Crippen LogP contribution in [0.3, 0.4) is 0 Å². The molecule has 3 aromatic carbocycles. The van der Waals surface area contributed by atoms with Gasteiger partial charge in [0.15, 0.2) is 0 Å². The monoisotopic (exact) mass is 496 g/mol. The molecule has 2 heterocycles. The Labute approximate surface area is 202 Å². The van der Waals surface area contributed by atoms with Crippen molar-refractivity contribution in [2.24, 2.45) is 0 Å². The number of hydrogen-bond acceptors (Lipinski definition) is 8. The smallest absolute Gasteiger partial charge is 0.336 e. The average Bonchev–Trinajstić information content (AvgIpc) is 2.76. The number of nitrogens with one attached hydrogen (secondary N) is 1. The van der Waals surface area contributed by atoms with Crippen LogP contribution in [0.1, 0.15) is 33.0 Å². The second-order valence-electron chi connectivity index (χ2n) is 7.41. The number of aromatic hydroxyl groups is 2. The number of aromatic nitrogens is 3. The fourth-order valence-electron chi connectivity index (χ4n) is 3.90. The number of carbonyl (C=O) groups is 1. The molecule has 0 saturated carbocycles. The molecular weight excluding hydrogens is 483 g/mol. The summed E-state index contributed by atoms with van der Waals surface area (Å²) in [5.74, 6) is -0.935. The van der Waals surface area contributed by atoms with Crippen molar-refractivity contribution in [1.29, 1.82) is 0 Å². The number of phenols is 2. The first-order chi connectivity index (χ1) is 16.3. The molecule has 4 N–H and O–H groups in total. The largest absolute Gasteiger partial charge is 0.508 e. The highest BCUT2D eigenvalue weighted by Crippen LogP contribution is 2.49. The average molecular weight is 497 g/mol. The van der Waals surface area contributed by atoms with Crippen LogP contribution >= 0.6 is 23.2 Å². The van der Waals surface area contributed by atoms with Gasteiger partial charge in [0.25, 0.3) is 0 Å². The highest BCUT2D eigenvalue weighted by atomic mass is 35.5. The molecule has 0 spiro atoms. The Morgan fingerprint density at radius 1 is 0.824 bits per heavy atom.